The first-order chi connectivity index (χ1) is 11.4. The Hall–Kier alpha value is -2.58. The third kappa shape index (κ3) is 3.79. The molecule has 116 valence electrons. The Morgan fingerprint density at radius 2 is 1.43 bits per heavy atom. The van der Waals surface area contributed by atoms with Gasteiger partial charge in [0, 0.05) is 18.8 Å². The van der Waals surface area contributed by atoms with Gasteiger partial charge in [0.05, 0.1) is 0 Å². The van der Waals surface area contributed by atoms with E-state index in [4.69, 9.17) is 5.73 Å². The molecule has 2 heteroatoms. The molecule has 0 saturated heterocycles. The van der Waals surface area contributed by atoms with Crippen molar-refractivity contribution in [2.24, 2.45) is 5.73 Å². The van der Waals surface area contributed by atoms with Crippen molar-refractivity contribution in [2.45, 2.75) is 13.0 Å². The molecule has 0 heterocycles. The molecule has 0 aliphatic carbocycles. The summed E-state index contributed by atoms with van der Waals surface area (Å²) in [5.74, 6) is 0. The van der Waals surface area contributed by atoms with Gasteiger partial charge in [-0.3, -0.25) is 0 Å². The van der Waals surface area contributed by atoms with Crippen LogP contribution >= 0.6 is 0 Å². The molecule has 23 heavy (non-hydrogen) atoms. The number of hydrogen-bond acceptors (Lipinski definition) is 2. The lowest BCUT2D eigenvalue weighted by molar-refractivity contribution is 1.00. The van der Waals surface area contributed by atoms with Crippen molar-refractivity contribution < 1.29 is 0 Å². The molecule has 0 spiro atoms. The monoisotopic (exact) mass is 302 g/mol. The summed E-state index contributed by atoms with van der Waals surface area (Å²) in [6.07, 6.45) is 1.00. The second kappa shape index (κ2) is 7.61. The van der Waals surface area contributed by atoms with E-state index in [-0.39, 0.29) is 0 Å². The summed E-state index contributed by atoms with van der Waals surface area (Å²) in [7, 11) is 0. The van der Waals surface area contributed by atoms with Gasteiger partial charge in [-0.1, -0.05) is 72.8 Å². The van der Waals surface area contributed by atoms with E-state index in [1.165, 1.54) is 22.3 Å². The fraction of sp³-hybridized carbons (Fsp3) is 0.143. The van der Waals surface area contributed by atoms with E-state index in [0.29, 0.717) is 6.54 Å². The second-order valence-electron chi connectivity index (χ2n) is 5.56. The maximum Gasteiger partial charge on any atom is 0.0392 e. The smallest absolute Gasteiger partial charge is 0.0392 e. The van der Waals surface area contributed by atoms with E-state index in [0.717, 1.165) is 18.7 Å². The third-order valence-electron chi connectivity index (χ3n) is 4.04. The number of rotatable bonds is 6. The zero-order chi connectivity index (χ0) is 15.9. The lowest BCUT2D eigenvalue weighted by Gasteiger charge is -2.15. The lowest BCUT2D eigenvalue weighted by Crippen LogP contribution is -2.10. The Bertz CT molecular complexity index is 736. The Labute approximate surface area is 138 Å². The van der Waals surface area contributed by atoms with Gasteiger partial charge in [-0.15, -0.1) is 0 Å². The molecule has 0 amide bonds. The summed E-state index contributed by atoms with van der Waals surface area (Å²) >= 11 is 0. The molecule has 0 radical (unpaired) electrons. The highest BCUT2D eigenvalue weighted by Crippen LogP contribution is 2.28. The Morgan fingerprint density at radius 3 is 2.13 bits per heavy atom. The summed E-state index contributed by atoms with van der Waals surface area (Å²) in [4.78, 5) is 0. The van der Waals surface area contributed by atoms with Gasteiger partial charge in [0.15, 0.2) is 0 Å². The molecule has 0 unspecified atom stereocenters. The van der Waals surface area contributed by atoms with Crippen molar-refractivity contribution in [3.05, 3.63) is 90.0 Å². The second-order valence-corrected chi connectivity index (χ2v) is 5.56. The molecule has 0 fully saturated rings. The van der Waals surface area contributed by atoms with Crippen LogP contribution in [0.5, 0.6) is 0 Å². The van der Waals surface area contributed by atoms with Crippen LogP contribution < -0.4 is 11.1 Å². The number of nitrogens with two attached hydrogens (primary N) is 1. The van der Waals surface area contributed by atoms with Crippen LogP contribution in [-0.2, 0) is 13.0 Å². The normalized spacial score (nSPS) is 10.5. The largest absolute Gasteiger partial charge is 0.384 e. The van der Waals surface area contributed by atoms with Gasteiger partial charge in [0.1, 0.15) is 0 Å². The predicted molar refractivity (Wildman–Crippen MR) is 98.4 cm³/mol. The quantitative estimate of drug-likeness (QED) is 0.705. The molecule has 0 atom stereocenters. The number of anilines is 1. The van der Waals surface area contributed by atoms with Crippen LogP contribution in [0.1, 0.15) is 11.1 Å². The van der Waals surface area contributed by atoms with Crippen LogP contribution in [0.25, 0.3) is 11.1 Å². The molecule has 3 aromatic rings. The summed E-state index contributed by atoms with van der Waals surface area (Å²) in [6.45, 7) is 1.42. The maximum absolute atomic E-state index is 6.03. The van der Waals surface area contributed by atoms with Gasteiger partial charge in [0.2, 0.25) is 0 Å². The molecular formula is C21H22N2. The molecule has 0 aliphatic heterocycles. The minimum Gasteiger partial charge on any atom is -0.384 e. The Kier molecular flexibility index (Phi) is 5.07. The highest BCUT2D eigenvalue weighted by atomic mass is 14.9. The number of benzene rings is 3. The molecule has 2 nitrogen and oxygen atoms in total. The van der Waals surface area contributed by atoms with Crippen LogP contribution in [0, 0.1) is 0 Å². The van der Waals surface area contributed by atoms with E-state index >= 15 is 0 Å². The predicted octanol–water partition coefficient (Wildman–Crippen LogP) is 4.47. The standard InChI is InChI=1S/C21H22N2/c22-16-20-19(18-10-5-2-6-11-18)12-7-13-21(20)23-15-14-17-8-3-1-4-9-17/h1-13,23H,14-16,22H2. The van der Waals surface area contributed by atoms with Gasteiger partial charge in [-0.25, -0.2) is 0 Å². The highest BCUT2D eigenvalue weighted by Gasteiger charge is 2.08. The van der Waals surface area contributed by atoms with Crippen LogP contribution in [0.15, 0.2) is 78.9 Å². The summed E-state index contributed by atoms with van der Waals surface area (Å²) in [5.41, 5.74) is 12.1. The fourth-order valence-electron chi connectivity index (χ4n) is 2.85. The van der Waals surface area contributed by atoms with E-state index in [1.807, 2.05) is 12.1 Å². The van der Waals surface area contributed by atoms with E-state index < -0.39 is 0 Å². The average molecular weight is 302 g/mol. The Morgan fingerprint density at radius 1 is 0.739 bits per heavy atom. The minimum atomic E-state index is 0.527. The van der Waals surface area contributed by atoms with Crippen LogP contribution in [0.3, 0.4) is 0 Å². The fourth-order valence-corrected chi connectivity index (χ4v) is 2.85. The summed E-state index contributed by atoms with van der Waals surface area (Å²) in [5, 5.41) is 3.54. The first-order valence-corrected chi connectivity index (χ1v) is 8.03. The van der Waals surface area contributed by atoms with Crippen molar-refractivity contribution in [3.8, 4) is 11.1 Å². The number of hydrogen-bond donors (Lipinski definition) is 2. The first kappa shape index (κ1) is 15.3. The van der Waals surface area contributed by atoms with Gasteiger partial charge >= 0.3 is 0 Å². The van der Waals surface area contributed by atoms with Crippen LogP contribution in [-0.4, -0.2) is 6.54 Å². The first-order valence-electron chi connectivity index (χ1n) is 8.03. The van der Waals surface area contributed by atoms with E-state index in [1.54, 1.807) is 0 Å². The zero-order valence-corrected chi connectivity index (χ0v) is 13.2. The molecule has 3 aromatic carbocycles. The van der Waals surface area contributed by atoms with Gasteiger partial charge in [0.25, 0.3) is 0 Å². The van der Waals surface area contributed by atoms with E-state index in [2.05, 4.69) is 72.0 Å². The molecule has 0 aliphatic rings. The molecule has 0 bridgehead atoms. The van der Waals surface area contributed by atoms with E-state index in [9.17, 15) is 0 Å². The maximum atomic E-state index is 6.03. The topological polar surface area (TPSA) is 38.0 Å². The van der Waals surface area contributed by atoms with Crippen LogP contribution in [0.2, 0.25) is 0 Å². The molecule has 3 N–H and O–H groups in total. The average Bonchev–Trinajstić information content (AvgIpc) is 2.63. The lowest BCUT2D eigenvalue weighted by atomic mass is 9.98. The van der Waals surface area contributed by atoms with Gasteiger partial charge < -0.3 is 11.1 Å². The minimum absolute atomic E-state index is 0.527. The molecule has 3 rings (SSSR count). The SMILES string of the molecule is NCc1c(NCCc2ccccc2)cccc1-c1ccccc1. The molecule has 0 aromatic heterocycles. The third-order valence-corrected chi connectivity index (χ3v) is 4.04. The van der Waals surface area contributed by atoms with Gasteiger partial charge in [-0.05, 0) is 34.7 Å². The molecular weight excluding hydrogens is 280 g/mol. The van der Waals surface area contributed by atoms with Crippen LogP contribution in [0.4, 0.5) is 5.69 Å². The van der Waals surface area contributed by atoms with Crippen molar-refractivity contribution in [2.75, 3.05) is 11.9 Å². The highest BCUT2D eigenvalue weighted by molar-refractivity contribution is 5.74. The summed E-state index contributed by atoms with van der Waals surface area (Å²) in [6, 6.07) is 27.3. The van der Waals surface area contributed by atoms with Crippen molar-refractivity contribution in [1.82, 2.24) is 0 Å². The summed E-state index contributed by atoms with van der Waals surface area (Å²) < 4.78 is 0. The number of nitrogens with one attached hydrogen (secondary N) is 1. The molecule has 0 saturated carbocycles. The van der Waals surface area contributed by atoms with Crippen molar-refractivity contribution in [1.29, 1.82) is 0 Å². The van der Waals surface area contributed by atoms with Gasteiger partial charge in [-0.2, -0.15) is 0 Å². The van der Waals surface area contributed by atoms with Crippen molar-refractivity contribution in [3.63, 3.8) is 0 Å². The van der Waals surface area contributed by atoms with Crippen molar-refractivity contribution >= 4 is 5.69 Å². The Balaban J connectivity index is 1.77. The zero-order valence-electron chi connectivity index (χ0n) is 13.2.